The Bertz CT molecular complexity index is 1050. The van der Waals surface area contributed by atoms with Crippen LogP contribution in [0.4, 0.5) is 5.69 Å². The molecule has 3 rings (SSSR count). The fraction of sp³-hybridized carbons (Fsp3) is 0.211. The van der Waals surface area contributed by atoms with Gasteiger partial charge in [-0.15, -0.1) is 0 Å². The first-order valence-corrected chi connectivity index (χ1v) is 10.0. The Kier molecular flexibility index (Phi) is 5.57. The van der Waals surface area contributed by atoms with Gasteiger partial charge in [0.2, 0.25) is 15.9 Å². The van der Waals surface area contributed by atoms with Crippen LogP contribution in [0.2, 0.25) is 0 Å². The number of rotatable bonds is 6. The summed E-state index contributed by atoms with van der Waals surface area (Å²) in [6, 6.07) is 13.2. The highest BCUT2D eigenvalue weighted by molar-refractivity contribution is 7.89. The molecule has 0 spiro atoms. The maximum atomic E-state index is 13.0. The van der Waals surface area contributed by atoms with E-state index in [-0.39, 0.29) is 16.8 Å². The summed E-state index contributed by atoms with van der Waals surface area (Å²) in [4.78, 5) is 15.2. The minimum Gasteiger partial charge on any atom is -0.326 e. The minimum atomic E-state index is -3.69. The van der Waals surface area contributed by atoms with Crippen molar-refractivity contribution in [3.05, 3.63) is 66.7 Å². The SMILES string of the molecule is CC(=O)Nc1ccc(S(=O)(=O)N(C)C(C)c2ccc(-n3cncn3)cc2)cc1. The molecule has 0 radical (unpaired) electrons. The number of benzene rings is 2. The average Bonchev–Trinajstić information content (AvgIpc) is 3.21. The first kappa shape index (κ1) is 19.7. The molecule has 8 nitrogen and oxygen atoms in total. The molecule has 1 unspecified atom stereocenters. The van der Waals surface area contributed by atoms with Crippen molar-refractivity contribution in [3.63, 3.8) is 0 Å². The van der Waals surface area contributed by atoms with Crippen LogP contribution in [-0.2, 0) is 14.8 Å². The second kappa shape index (κ2) is 7.91. The zero-order chi connectivity index (χ0) is 20.3. The van der Waals surface area contributed by atoms with Crippen molar-refractivity contribution in [1.29, 1.82) is 0 Å². The van der Waals surface area contributed by atoms with Gasteiger partial charge in [-0.1, -0.05) is 12.1 Å². The number of sulfonamides is 1. The van der Waals surface area contributed by atoms with Gasteiger partial charge in [0.05, 0.1) is 10.6 Å². The first-order valence-electron chi connectivity index (χ1n) is 8.59. The number of carbonyl (C=O) groups is 1. The second-order valence-electron chi connectivity index (χ2n) is 6.33. The largest absolute Gasteiger partial charge is 0.326 e. The van der Waals surface area contributed by atoms with Crippen LogP contribution in [0.3, 0.4) is 0 Å². The Morgan fingerprint density at radius 1 is 1.11 bits per heavy atom. The molecule has 0 bridgehead atoms. The van der Waals surface area contributed by atoms with Crippen molar-refractivity contribution in [3.8, 4) is 5.69 Å². The van der Waals surface area contributed by atoms with Crippen LogP contribution in [0.1, 0.15) is 25.5 Å². The van der Waals surface area contributed by atoms with Crippen molar-refractivity contribution >= 4 is 21.6 Å². The van der Waals surface area contributed by atoms with Gasteiger partial charge < -0.3 is 5.32 Å². The van der Waals surface area contributed by atoms with Gasteiger partial charge in [0, 0.05) is 25.7 Å². The molecule has 9 heteroatoms. The molecular weight excluding hydrogens is 378 g/mol. The predicted molar refractivity (Wildman–Crippen MR) is 105 cm³/mol. The topological polar surface area (TPSA) is 97.2 Å². The van der Waals surface area contributed by atoms with Crippen molar-refractivity contribution in [2.45, 2.75) is 24.8 Å². The lowest BCUT2D eigenvalue weighted by atomic mass is 10.1. The number of anilines is 1. The summed E-state index contributed by atoms with van der Waals surface area (Å²) in [6.45, 7) is 3.22. The summed E-state index contributed by atoms with van der Waals surface area (Å²) in [5.41, 5.74) is 2.24. The lowest BCUT2D eigenvalue weighted by Crippen LogP contribution is -2.29. The molecule has 28 heavy (non-hydrogen) atoms. The van der Waals surface area contributed by atoms with E-state index >= 15 is 0 Å². The summed E-state index contributed by atoms with van der Waals surface area (Å²) in [6.07, 6.45) is 3.05. The van der Waals surface area contributed by atoms with Crippen LogP contribution in [0, 0.1) is 0 Å². The van der Waals surface area contributed by atoms with E-state index in [4.69, 9.17) is 0 Å². The van der Waals surface area contributed by atoms with Gasteiger partial charge in [-0.2, -0.15) is 9.40 Å². The van der Waals surface area contributed by atoms with E-state index in [2.05, 4.69) is 15.4 Å². The molecule has 1 atom stereocenters. The molecule has 0 aliphatic carbocycles. The van der Waals surface area contributed by atoms with E-state index in [0.717, 1.165) is 11.3 Å². The first-order chi connectivity index (χ1) is 13.3. The summed E-state index contributed by atoms with van der Waals surface area (Å²) in [5, 5.41) is 6.69. The van der Waals surface area contributed by atoms with E-state index in [0.29, 0.717) is 5.69 Å². The maximum Gasteiger partial charge on any atom is 0.243 e. The molecule has 0 aliphatic heterocycles. The quantitative estimate of drug-likeness (QED) is 0.687. The third-order valence-electron chi connectivity index (χ3n) is 4.46. The van der Waals surface area contributed by atoms with Crippen molar-refractivity contribution in [2.24, 2.45) is 0 Å². The normalized spacial score (nSPS) is 12.7. The van der Waals surface area contributed by atoms with E-state index in [1.807, 2.05) is 31.2 Å². The number of amides is 1. The third-order valence-corrected chi connectivity index (χ3v) is 6.40. The molecule has 3 aromatic rings. The lowest BCUT2D eigenvalue weighted by Gasteiger charge is -2.25. The van der Waals surface area contributed by atoms with Crippen LogP contribution >= 0.6 is 0 Å². The number of hydrogen-bond donors (Lipinski definition) is 1. The molecule has 146 valence electrons. The summed E-state index contributed by atoms with van der Waals surface area (Å²) in [5.74, 6) is -0.212. The molecule has 0 aliphatic rings. The zero-order valence-electron chi connectivity index (χ0n) is 15.8. The highest BCUT2D eigenvalue weighted by Gasteiger charge is 2.26. The van der Waals surface area contributed by atoms with Crippen LogP contribution < -0.4 is 5.32 Å². The van der Waals surface area contributed by atoms with E-state index in [1.165, 1.54) is 29.7 Å². The molecule has 1 aromatic heterocycles. The monoisotopic (exact) mass is 399 g/mol. The fourth-order valence-electron chi connectivity index (χ4n) is 2.74. The number of nitrogens with zero attached hydrogens (tertiary/aromatic N) is 4. The molecule has 0 fully saturated rings. The Morgan fingerprint density at radius 2 is 1.75 bits per heavy atom. The van der Waals surface area contributed by atoms with Gasteiger partial charge in [-0.25, -0.2) is 18.1 Å². The minimum absolute atomic E-state index is 0.162. The number of carbonyl (C=O) groups excluding carboxylic acids is 1. The molecule has 2 aromatic carbocycles. The molecule has 0 saturated carbocycles. The summed E-state index contributed by atoms with van der Waals surface area (Å²) >= 11 is 0. The average molecular weight is 399 g/mol. The van der Waals surface area contributed by atoms with Crippen molar-refractivity contribution in [1.82, 2.24) is 19.1 Å². The van der Waals surface area contributed by atoms with Crippen molar-refractivity contribution in [2.75, 3.05) is 12.4 Å². The Labute approximate surface area is 163 Å². The molecule has 1 amide bonds. The van der Waals surface area contributed by atoms with Crippen LogP contribution in [0.5, 0.6) is 0 Å². The number of nitrogens with one attached hydrogen (secondary N) is 1. The fourth-order valence-corrected chi connectivity index (χ4v) is 4.10. The van der Waals surface area contributed by atoms with Gasteiger partial charge in [-0.3, -0.25) is 4.79 Å². The van der Waals surface area contributed by atoms with Crippen LogP contribution in [0.15, 0.2) is 66.1 Å². The van der Waals surface area contributed by atoms with Crippen LogP contribution in [-0.4, -0.2) is 40.4 Å². The summed E-state index contributed by atoms with van der Waals surface area (Å²) in [7, 11) is -2.14. The maximum absolute atomic E-state index is 13.0. The predicted octanol–water partition coefficient (Wildman–Crippen LogP) is 2.61. The smallest absolute Gasteiger partial charge is 0.243 e. The van der Waals surface area contributed by atoms with E-state index in [9.17, 15) is 13.2 Å². The molecule has 1 heterocycles. The van der Waals surface area contributed by atoms with Gasteiger partial charge in [0.15, 0.2) is 0 Å². The Balaban J connectivity index is 1.79. The highest BCUT2D eigenvalue weighted by atomic mass is 32.2. The summed E-state index contributed by atoms with van der Waals surface area (Å²) < 4.78 is 28.9. The van der Waals surface area contributed by atoms with Gasteiger partial charge in [0.25, 0.3) is 0 Å². The van der Waals surface area contributed by atoms with Gasteiger partial charge in [-0.05, 0) is 48.9 Å². The standard InChI is InChI=1S/C19H21N5O3S/c1-14(16-4-8-18(9-5-16)24-13-20-12-21-24)23(3)28(26,27)19-10-6-17(7-11-19)22-15(2)25/h4-14H,1-3H3,(H,22,25). The Hall–Kier alpha value is -3.04. The van der Waals surface area contributed by atoms with Crippen molar-refractivity contribution < 1.29 is 13.2 Å². The molecular formula is C19H21N5O3S. The second-order valence-corrected chi connectivity index (χ2v) is 8.33. The number of aromatic nitrogens is 3. The Morgan fingerprint density at radius 3 is 2.29 bits per heavy atom. The van der Waals surface area contributed by atoms with E-state index in [1.54, 1.807) is 30.2 Å². The number of hydrogen-bond acceptors (Lipinski definition) is 5. The highest BCUT2D eigenvalue weighted by Crippen LogP contribution is 2.27. The third kappa shape index (κ3) is 4.10. The van der Waals surface area contributed by atoms with Gasteiger partial charge in [0.1, 0.15) is 12.7 Å². The van der Waals surface area contributed by atoms with Crippen LogP contribution in [0.25, 0.3) is 5.69 Å². The van der Waals surface area contributed by atoms with E-state index < -0.39 is 10.0 Å². The molecule has 0 saturated heterocycles. The zero-order valence-corrected chi connectivity index (χ0v) is 16.6. The lowest BCUT2D eigenvalue weighted by molar-refractivity contribution is -0.114. The van der Waals surface area contributed by atoms with Gasteiger partial charge >= 0.3 is 0 Å². The molecule has 1 N–H and O–H groups in total.